The standard InChI is InChI=1S/C19H20N2O2S/c1-2-3-8-16(22)21-18(15-7-5-12-24-15)14-10-9-13-6-4-11-20-17(13)19(14)23/h4-7,9-12,18,23H,2-3,8H2,1H3,(H,21,22)/t18-/m1/s1. The molecule has 124 valence electrons. The third kappa shape index (κ3) is 3.41. The molecular formula is C19H20N2O2S. The maximum atomic E-state index is 12.3. The van der Waals surface area contributed by atoms with Gasteiger partial charge in [-0.05, 0) is 23.9 Å². The minimum absolute atomic E-state index is 0.00392. The molecule has 2 aromatic heterocycles. The summed E-state index contributed by atoms with van der Waals surface area (Å²) in [7, 11) is 0. The smallest absolute Gasteiger partial charge is 0.220 e. The Labute approximate surface area is 145 Å². The van der Waals surface area contributed by atoms with Crippen molar-refractivity contribution < 1.29 is 9.90 Å². The largest absolute Gasteiger partial charge is 0.505 e. The second-order valence-corrected chi connectivity index (χ2v) is 6.68. The van der Waals surface area contributed by atoms with E-state index in [0.29, 0.717) is 17.5 Å². The van der Waals surface area contributed by atoms with E-state index in [0.717, 1.165) is 23.1 Å². The predicted molar refractivity (Wildman–Crippen MR) is 97.2 cm³/mol. The van der Waals surface area contributed by atoms with Crippen LogP contribution >= 0.6 is 11.3 Å². The van der Waals surface area contributed by atoms with E-state index < -0.39 is 0 Å². The number of nitrogens with zero attached hydrogens (tertiary/aromatic N) is 1. The van der Waals surface area contributed by atoms with Crippen molar-refractivity contribution >= 4 is 28.1 Å². The summed E-state index contributed by atoms with van der Waals surface area (Å²) in [6, 6.07) is 11.1. The number of rotatable bonds is 6. The fourth-order valence-corrected chi connectivity index (χ4v) is 3.50. The highest BCUT2D eigenvalue weighted by atomic mass is 32.1. The molecule has 0 bridgehead atoms. The van der Waals surface area contributed by atoms with Crippen molar-refractivity contribution in [1.82, 2.24) is 10.3 Å². The Kier molecular flexibility index (Phi) is 5.11. The first-order valence-corrected chi connectivity index (χ1v) is 8.98. The van der Waals surface area contributed by atoms with Crippen LogP contribution < -0.4 is 5.32 Å². The van der Waals surface area contributed by atoms with Crippen LogP contribution in [0, 0.1) is 0 Å². The van der Waals surface area contributed by atoms with E-state index >= 15 is 0 Å². The topological polar surface area (TPSA) is 62.2 Å². The zero-order valence-corrected chi connectivity index (χ0v) is 14.3. The number of aromatic hydroxyl groups is 1. The molecule has 2 heterocycles. The quantitative estimate of drug-likeness (QED) is 0.699. The maximum absolute atomic E-state index is 12.3. The zero-order chi connectivity index (χ0) is 16.9. The van der Waals surface area contributed by atoms with Crippen molar-refractivity contribution in [3.8, 4) is 5.75 Å². The first-order valence-electron chi connectivity index (χ1n) is 8.10. The molecule has 0 fully saturated rings. The van der Waals surface area contributed by atoms with E-state index in [1.165, 1.54) is 0 Å². The number of hydrogen-bond donors (Lipinski definition) is 2. The lowest BCUT2D eigenvalue weighted by molar-refractivity contribution is -0.121. The van der Waals surface area contributed by atoms with Crippen molar-refractivity contribution in [3.63, 3.8) is 0 Å². The zero-order valence-electron chi connectivity index (χ0n) is 13.5. The molecule has 1 amide bonds. The Bertz CT molecular complexity index is 831. The predicted octanol–water partition coefficient (Wildman–Crippen LogP) is 4.40. The summed E-state index contributed by atoms with van der Waals surface area (Å²) in [6.07, 6.45) is 3.98. The number of amides is 1. The number of carbonyl (C=O) groups is 1. The first kappa shape index (κ1) is 16.5. The molecule has 2 N–H and O–H groups in total. The van der Waals surface area contributed by atoms with Gasteiger partial charge >= 0.3 is 0 Å². The molecule has 0 aliphatic heterocycles. The van der Waals surface area contributed by atoms with Gasteiger partial charge in [-0.15, -0.1) is 11.3 Å². The lowest BCUT2D eigenvalue weighted by Gasteiger charge is -2.20. The van der Waals surface area contributed by atoms with E-state index in [-0.39, 0.29) is 17.7 Å². The van der Waals surface area contributed by atoms with Gasteiger partial charge in [-0.25, -0.2) is 0 Å². The Balaban J connectivity index is 1.99. The number of thiophene rings is 1. The van der Waals surface area contributed by atoms with Crippen LogP contribution in [0.2, 0.25) is 0 Å². The number of phenolic OH excluding ortho intramolecular Hbond substituents is 1. The fourth-order valence-electron chi connectivity index (χ4n) is 2.71. The molecule has 0 unspecified atom stereocenters. The van der Waals surface area contributed by atoms with Crippen LogP contribution in [0.3, 0.4) is 0 Å². The Hall–Kier alpha value is -2.40. The summed E-state index contributed by atoms with van der Waals surface area (Å²) in [4.78, 5) is 17.5. The van der Waals surface area contributed by atoms with Crippen molar-refractivity contribution in [2.75, 3.05) is 0 Å². The fraction of sp³-hybridized carbons (Fsp3) is 0.263. The summed E-state index contributed by atoms with van der Waals surface area (Å²) in [5.41, 5.74) is 1.23. The highest BCUT2D eigenvalue weighted by molar-refractivity contribution is 7.10. The normalized spacial score (nSPS) is 12.2. The number of hydrogen-bond acceptors (Lipinski definition) is 4. The van der Waals surface area contributed by atoms with Gasteiger partial charge in [0.1, 0.15) is 11.3 Å². The number of carbonyl (C=O) groups excluding carboxylic acids is 1. The van der Waals surface area contributed by atoms with Crippen molar-refractivity contribution in [3.05, 3.63) is 58.4 Å². The van der Waals surface area contributed by atoms with Crippen LogP contribution in [0.15, 0.2) is 48.0 Å². The van der Waals surface area contributed by atoms with Crippen molar-refractivity contribution in [1.29, 1.82) is 0 Å². The number of benzene rings is 1. The van der Waals surface area contributed by atoms with Crippen LogP contribution in [0.5, 0.6) is 5.75 Å². The molecule has 0 radical (unpaired) electrons. The van der Waals surface area contributed by atoms with E-state index in [4.69, 9.17) is 0 Å². The van der Waals surface area contributed by atoms with Crippen LogP contribution in [-0.2, 0) is 4.79 Å². The third-order valence-electron chi connectivity index (χ3n) is 3.98. The van der Waals surface area contributed by atoms with Gasteiger partial charge in [-0.3, -0.25) is 9.78 Å². The average molecular weight is 340 g/mol. The molecule has 4 nitrogen and oxygen atoms in total. The van der Waals surface area contributed by atoms with Crippen LogP contribution in [-0.4, -0.2) is 16.0 Å². The Morgan fingerprint density at radius 2 is 2.17 bits per heavy atom. The average Bonchev–Trinajstić information content (AvgIpc) is 3.13. The second-order valence-electron chi connectivity index (χ2n) is 5.70. The number of pyridine rings is 1. The SMILES string of the molecule is CCCCC(=O)N[C@@H](c1cccs1)c1ccc2cccnc2c1O. The summed E-state index contributed by atoms with van der Waals surface area (Å²) >= 11 is 1.56. The Morgan fingerprint density at radius 3 is 2.92 bits per heavy atom. The molecule has 0 spiro atoms. The summed E-state index contributed by atoms with van der Waals surface area (Å²) < 4.78 is 0. The van der Waals surface area contributed by atoms with Gasteiger partial charge in [0.25, 0.3) is 0 Å². The van der Waals surface area contributed by atoms with Gasteiger partial charge in [0.05, 0.1) is 6.04 Å². The number of nitrogens with one attached hydrogen (secondary N) is 1. The lowest BCUT2D eigenvalue weighted by atomic mass is 10.0. The molecule has 24 heavy (non-hydrogen) atoms. The Morgan fingerprint density at radius 1 is 1.29 bits per heavy atom. The number of aromatic nitrogens is 1. The monoisotopic (exact) mass is 340 g/mol. The molecule has 3 rings (SSSR count). The van der Waals surface area contributed by atoms with Crippen molar-refractivity contribution in [2.45, 2.75) is 32.2 Å². The van der Waals surface area contributed by atoms with Gasteiger partial charge in [0.2, 0.25) is 5.91 Å². The molecule has 3 aromatic rings. The minimum Gasteiger partial charge on any atom is -0.505 e. The van der Waals surface area contributed by atoms with Gasteiger partial charge in [-0.2, -0.15) is 0 Å². The molecule has 0 saturated heterocycles. The van der Waals surface area contributed by atoms with Crippen LogP contribution in [0.4, 0.5) is 0 Å². The molecule has 0 saturated carbocycles. The van der Waals surface area contributed by atoms with Crippen LogP contribution in [0.1, 0.15) is 42.7 Å². The maximum Gasteiger partial charge on any atom is 0.220 e. The second kappa shape index (κ2) is 7.45. The van der Waals surface area contributed by atoms with Crippen LogP contribution in [0.25, 0.3) is 10.9 Å². The molecule has 0 aliphatic carbocycles. The van der Waals surface area contributed by atoms with Gasteiger partial charge in [0.15, 0.2) is 0 Å². The van der Waals surface area contributed by atoms with Gasteiger partial charge in [0, 0.05) is 28.4 Å². The molecule has 5 heteroatoms. The van der Waals surface area contributed by atoms with Gasteiger partial charge < -0.3 is 10.4 Å². The summed E-state index contributed by atoms with van der Waals surface area (Å²) in [6.45, 7) is 2.06. The first-order chi connectivity index (χ1) is 11.7. The highest BCUT2D eigenvalue weighted by Gasteiger charge is 2.22. The van der Waals surface area contributed by atoms with E-state index in [1.54, 1.807) is 17.5 Å². The third-order valence-corrected chi connectivity index (χ3v) is 4.92. The molecule has 0 aliphatic rings. The number of phenols is 1. The lowest BCUT2D eigenvalue weighted by Crippen LogP contribution is -2.28. The molecular weight excluding hydrogens is 320 g/mol. The van der Waals surface area contributed by atoms with E-state index in [1.807, 2.05) is 41.8 Å². The van der Waals surface area contributed by atoms with Gasteiger partial charge in [-0.1, -0.05) is 37.6 Å². The molecule has 1 aromatic carbocycles. The van der Waals surface area contributed by atoms with E-state index in [2.05, 4.69) is 17.2 Å². The molecule has 1 atom stereocenters. The van der Waals surface area contributed by atoms with Crippen molar-refractivity contribution in [2.24, 2.45) is 0 Å². The number of unbranched alkanes of at least 4 members (excludes halogenated alkanes) is 1. The highest BCUT2D eigenvalue weighted by Crippen LogP contribution is 2.35. The number of fused-ring (bicyclic) bond motifs is 1. The summed E-state index contributed by atoms with van der Waals surface area (Å²) in [5.74, 6) is 0.123. The summed E-state index contributed by atoms with van der Waals surface area (Å²) in [5, 5.41) is 16.6. The minimum atomic E-state index is -0.360. The van der Waals surface area contributed by atoms with E-state index in [9.17, 15) is 9.90 Å².